The molecule has 0 amide bonds. The molecule has 0 radical (unpaired) electrons. The van der Waals surface area contributed by atoms with Crippen LogP contribution in [0, 0.1) is 0 Å². The summed E-state index contributed by atoms with van der Waals surface area (Å²) in [6.07, 6.45) is -4.22. The molecular weight excluding hydrogens is 284 g/mol. The Balaban J connectivity index is 3.24. The minimum Gasteiger partial charge on any atom is -0.388 e. The molecular formula is C9H18O7S2. The zero-order chi connectivity index (χ0) is 14.1. The Morgan fingerprint density at radius 2 is 1.56 bits per heavy atom. The molecule has 0 aliphatic carbocycles. The lowest BCUT2D eigenvalue weighted by atomic mass is 10.2. The average molecular weight is 302 g/mol. The van der Waals surface area contributed by atoms with Crippen molar-refractivity contribution in [2.45, 2.75) is 36.7 Å². The molecule has 0 unspecified atom stereocenters. The van der Waals surface area contributed by atoms with Crippen LogP contribution in [0.2, 0.25) is 0 Å². The Hall–Kier alpha value is -0.220. The third-order valence-electron chi connectivity index (χ3n) is 2.97. The molecule has 1 aliphatic heterocycles. The molecule has 3 atom stereocenters. The van der Waals surface area contributed by atoms with Gasteiger partial charge in [0, 0.05) is 11.5 Å². The number of aliphatic hydroxyl groups is 2. The van der Waals surface area contributed by atoms with Crippen LogP contribution < -0.4 is 0 Å². The van der Waals surface area contributed by atoms with Gasteiger partial charge in [0.25, 0.3) is 0 Å². The molecule has 0 bridgehead atoms. The number of aliphatic hydroxyl groups excluding tert-OH is 2. The van der Waals surface area contributed by atoms with Crippen molar-refractivity contribution in [1.29, 1.82) is 0 Å². The molecule has 0 aromatic carbocycles. The first-order valence-corrected chi connectivity index (χ1v) is 9.01. The number of hydrogen-bond donors (Lipinski definition) is 2. The largest absolute Gasteiger partial charge is 0.388 e. The summed E-state index contributed by atoms with van der Waals surface area (Å²) in [7, 11) is -7.91. The molecule has 0 saturated carbocycles. The molecule has 7 nitrogen and oxygen atoms in total. The molecule has 1 fully saturated rings. The van der Waals surface area contributed by atoms with Crippen LogP contribution in [0.4, 0.5) is 0 Å². The fourth-order valence-electron chi connectivity index (χ4n) is 1.83. The lowest BCUT2D eigenvalue weighted by Crippen LogP contribution is -2.48. The third kappa shape index (κ3) is 2.85. The minimum absolute atomic E-state index is 0.277. The molecule has 1 heterocycles. The van der Waals surface area contributed by atoms with E-state index in [1.165, 1.54) is 13.8 Å². The second-order valence-corrected chi connectivity index (χ2v) is 9.25. The van der Waals surface area contributed by atoms with E-state index in [0.717, 1.165) is 0 Å². The topological polar surface area (TPSA) is 118 Å². The first kappa shape index (κ1) is 15.8. The van der Waals surface area contributed by atoms with Crippen LogP contribution in [0.25, 0.3) is 0 Å². The molecule has 1 rings (SSSR count). The van der Waals surface area contributed by atoms with Crippen molar-refractivity contribution in [2.24, 2.45) is 0 Å². The molecule has 2 N–H and O–H groups in total. The lowest BCUT2D eigenvalue weighted by Gasteiger charge is -2.24. The van der Waals surface area contributed by atoms with Crippen molar-refractivity contribution in [3.8, 4) is 0 Å². The van der Waals surface area contributed by atoms with Gasteiger partial charge in [-0.3, -0.25) is 0 Å². The van der Waals surface area contributed by atoms with E-state index in [0.29, 0.717) is 0 Å². The van der Waals surface area contributed by atoms with Crippen LogP contribution in [0.15, 0.2) is 0 Å². The van der Waals surface area contributed by atoms with Crippen LogP contribution in [-0.2, 0) is 24.4 Å². The number of hydrogen-bond acceptors (Lipinski definition) is 7. The highest BCUT2D eigenvalue weighted by molar-refractivity contribution is 8.09. The van der Waals surface area contributed by atoms with Gasteiger partial charge in [-0.05, 0) is 0 Å². The first-order valence-electron chi connectivity index (χ1n) is 5.58. The molecule has 1 aliphatic rings. The first-order chi connectivity index (χ1) is 8.17. The summed E-state index contributed by atoms with van der Waals surface area (Å²) in [6, 6.07) is 0. The molecule has 1 saturated heterocycles. The average Bonchev–Trinajstić information content (AvgIpc) is 2.61. The molecule has 0 aromatic heterocycles. The number of rotatable bonds is 5. The quantitative estimate of drug-likeness (QED) is 0.621. The summed E-state index contributed by atoms with van der Waals surface area (Å²) in [6.45, 7) is 2.37. The van der Waals surface area contributed by atoms with Crippen molar-refractivity contribution in [1.82, 2.24) is 0 Å². The second kappa shape index (κ2) is 5.41. The van der Waals surface area contributed by atoms with Gasteiger partial charge in [0.1, 0.15) is 18.3 Å². The Labute approximate surface area is 107 Å². The molecule has 0 aromatic rings. The monoisotopic (exact) mass is 302 g/mol. The highest BCUT2D eigenvalue weighted by Crippen LogP contribution is 2.26. The summed E-state index contributed by atoms with van der Waals surface area (Å²) < 4.78 is 50.7. The van der Waals surface area contributed by atoms with Crippen LogP contribution in [0.3, 0.4) is 0 Å². The number of ether oxygens (including phenoxy) is 1. The van der Waals surface area contributed by atoms with Gasteiger partial charge in [0.05, 0.1) is 6.61 Å². The van der Waals surface area contributed by atoms with E-state index in [4.69, 9.17) is 4.74 Å². The van der Waals surface area contributed by atoms with E-state index in [-0.39, 0.29) is 18.1 Å². The van der Waals surface area contributed by atoms with Crippen molar-refractivity contribution in [3.63, 3.8) is 0 Å². The summed E-state index contributed by atoms with van der Waals surface area (Å²) in [5.41, 5.74) is 0. The molecule has 18 heavy (non-hydrogen) atoms. The fourth-order valence-corrected chi connectivity index (χ4v) is 6.38. The van der Waals surface area contributed by atoms with Crippen molar-refractivity contribution in [2.75, 3.05) is 18.1 Å². The van der Waals surface area contributed by atoms with Gasteiger partial charge in [-0.15, -0.1) is 0 Å². The highest BCUT2D eigenvalue weighted by atomic mass is 32.3. The van der Waals surface area contributed by atoms with Gasteiger partial charge >= 0.3 is 0 Å². The zero-order valence-electron chi connectivity index (χ0n) is 10.2. The van der Waals surface area contributed by atoms with E-state index in [1.54, 1.807) is 0 Å². The van der Waals surface area contributed by atoms with Crippen LogP contribution >= 0.6 is 0 Å². The van der Waals surface area contributed by atoms with Gasteiger partial charge in [-0.2, -0.15) is 0 Å². The summed E-state index contributed by atoms with van der Waals surface area (Å²) in [5, 5.41) is 19.0. The van der Waals surface area contributed by atoms with E-state index in [9.17, 15) is 27.0 Å². The summed E-state index contributed by atoms with van der Waals surface area (Å²) in [5.74, 6) is -0.751. The van der Waals surface area contributed by atoms with Gasteiger partial charge < -0.3 is 14.9 Å². The molecule has 0 spiro atoms. The zero-order valence-corrected chi connectivity index (χ0v) is 11.8. The van der Waals surface area contributed by atoms with Crippen molar-refractivity contribution >= 4 is 19.7 Å². The Kier molecular flexibility index (Phi) is 4.76. The predicted octanol–water partition coefficient (Wildman–Crippen LogP) is -1.70. The van der Waals surface area contributed by atoms with Crippen LogP contribution in [0.1, 0.15) is 13.8 Å². The van der Waals surface area contributed by atoms with Gasteiger partial charge in [0.15, 0.2) is 24.3 Å². The molecule has 9 heteroatoms. The van der Waals surface area contributed by atoms with E-state index < -0.39 is 42.6 Å². The van der Waals surface area contributed by atoms with E-state index >= 15 is 0 Å². The van der Waals surface area contributed by atoms with Crippen LogP contribution in [-0.4, -0.2) is 68.1 Å². The maximum atomic E-state index is 11.9. The Morgan fingerprint density at radius 1 is 1.11 bits per heavy atom. The van der Waals surface area contributed by atoms with Gasteiger partial charge in [-0.25, -0.2) is 16.8 Å². The second-order valence-electron chi connectivity index (χ2n) is 4.13. The standard InChI is InChI=1S/C9H18O7S2/c1-3-17(12,13)9(18(14,15)4-2)8-7(11)6(10)5-16-8/h6-11H,3-5H2,1-2H3/t6-,7-,8-/m1/s1. The van der Waals surface area contributed by atoms with E-state index in [1.807, 2.05) is 0 Å². The Bertz CT molecular complexity index is 447. The minimum atomic E-state index is -3.95. The van der Waals surface area contributed by atoms with Gasteiger partial charge in [0.2, 0.25) is 0 Å². The maximum Gasteiger partial charge on any atom is 0.191 e. The van der Waals surface area contributed by atoms with E-state index in [2.05, 4.69) is 0 Å². The Morgan fingerprint density at radius 3 is 1.83 bits per heavy atom. The smallest absolute Gasteiger partial charge is 0.191 e. The SMILES string of the molecule is CCS(=O)(=O)C([C@@H]1OC[C@@H](O)[C@H]1O)S(=O)(=O)CC. The van der Waals surface area contributed by atoms with Crippen molar-refractivity contribution in [3.05, 3.63) is 0 Å². The highest BCUT2D eigenvalue weighted by Gasteiger charge is 2.50. The number of sulfone groups is 2. The predicted molar refractivity (Wildman–Crippen MR) is 64.5 cm³/mol. The summed E-state index contributed by atoms with van der Waals surface area (Å²) in [4.78, 5) is 0. The summed E-state index contributed by atoms with van der Waals surface area (Å²) >= 11 is 0. The van der Waals surface area contributed by atoms with Crippen LogP contribution in [0.5, 0.6) is 0 Å². The maximum absolute atomic E-state index is 11.9. The molecule has 108 valence electrons. The van der Waals surface area contributed by atoms with Crippen molar-refractivity contribution < 1.29 is 31.8 Å². The van der Waals surface area contributed by atoms with Gasteiger partial charge in [-0.1, -0.05) is 13.8 Å². The third-order valence-corrected chi connectivity index (χ3v) is 8.29. The normalized spacial score (nSPS) is 29.9. The fraction of sp³-hybridized carbons (Fsp3) is 1.00. The lowest BCUT2D eigenvalue weighted by molar-refractivity contribution is 0.0291.